The molecule has 0 saturated carbocycles. The van der Waals surface area contributed by atoms with Crippen LogP contribution < -0.4 is 0 Å². The average molecular weight is 288 g/mol. The molecule has 0 spiro atoms. The van der Waals surface area contributed by atoms with Crippen LogP contribution in [0.5, 0.6) is 0 Å². The number of hydrogen-bond donors (Lipinski definition) is 0. The fourth-order valence-corrected chi connectivity index (χ4v) is 2.41. The highest BCUT2D eigenvalue weighted by Gasteiger charge is 2.10. The van der Waals surface area contributed by atoms with E-state index < -0.39 is 0 Å². The molecule has 0 fully saturated rings. The fraction of sp³-hybridized carbons (Fsp3) is 0.0714. The Morgan fingerprint density at radius 1 is 1.12 bits per heavy atom. The van der Waals surface area contributed by atoms with Gasteiger partial charge in [0.1, 0.15) is 5.52 Å². The Hall–Kier alpha value is -1.61. The van der Waals surface area contributed by atoms with Gasteiger partial charge in [0.25, 0.3) is 0 Å². The van der Waals surface area contributed by atoms with Gasteiger partial charge in [-0.3, -0.25) is 0 Å². The standard InChI is InChI=1S/C14H10BrNO/c1-9-7-11(15)8-12-13(9)16-14(17-12)10-5-3-2-4-6-10/h2-8H,1H3. The number of nitrogens with zero attached hydrogens (tertiary/aromatic N) is 1. The summed E-state index contributed by atoms with van der Waals surface area (Å²) in [5, 5.41) is 0. The van der Waals surface area contributed by atoms with E-state index in [0.29, 0.717) is 5.89 Å². The Kier molecular flexibility index (Phi) is 2.48. The SMILES string of the molecule is Cc1cc(Br)cc2oc(-c3ccccc3)nc12. The molecule has 0 amide bonds. The van der Waals surface area contributed by atoms with Crippen LogP contribution in [0.2, 0.25) is 0 Å². The van der Waals surface area contributed by atoms with Crippen molar-refractivity contribution < 1.29 is 4.42 Å². The second-order valence-corrected chi connectivity index (χ2v) is 4.87. The van der Waals surface area contributed by atoms with E-state index in [0.717, 1.165) is 26.7 Å². The highest BCUT2D eigenvalue weighted by atomic mass is 79.9. The van der Waals surface area contributed by atoms with Gasteiger partial charge in [0.2, 0.25) is 5.89 Å². The maximum absolute atomic E-state index is 5.77. The maximum atomic E-state index is 5.77. The quantitative estimate of drug-likeness (QED) is 0.655. The molecule has 0 radical (unpaired) electrons. The number of aromatic nitrogens is 1. The highest BCUT2D eigenvalue weighted by molar-refractivity contribution is 9.10. The lowest BCUT2D eigenvalue weighted by atomic mass is 10.2. The van der Waals surface area contributed by atoms with E-state index in [1.807, 2.05) is 49.4 Å². The van der Waals surface area contributed by atoms with E-state index in [1.54, 1.807) is 0 Å². The van der Waals surface area contributed by atoms with Crippen LogP contribution in [0.25, 0.3) is 22.6 Å². The van der Waals surface area contributed by atoms with Crippen molar-refractivity contribution in [1.29, 1.82) is 0 Å². The van der Waals surface area contributed by atoms with Crippen LogP contribution in [0, 0.1) is 6.92 Å². The number of rotatable bonds is 1. The predicted octanol–water partition coefficient (Wildman–Crippen LogP) is 4.57. The van der Waals surface area contributed by atoms with Gasteiger partial charge in [0.15, 0.2) is 5.58 Å². The van der Waals surface area contributed by atoms with Gasteiger partial charge in [0.05, 0.1) is 0 Å². The third-order valence-corrected chi connectivity index (χ3v) is 3.13. The number of hydrogen-bond acceptors (Lipinski definition) is 2. The van der Waals surface area contributed by atoms with Gasteiger partial charge in [-0.25, -0.2) is 4.98 Å². The van der Waals surface area contributed by atoms with Gasteiger partial charge < -0.3 is 4.42 Å². The first-order valence-electron chi connectivity index (χ1n) is 5.36. The van der Waals surface area contributed by atoms with E-state index in [9.17, 15) is 0 Å². The smallest absolute Gasteiger partial charge is 0.227 e. The Balaban J connectivity index is 2.24. The molecule has 0 aliphatic rings. The molecule has 0 aliphatic heterocycles. The molecule has 0 aliphatic carbocycles. The summed E-state index contributed by atoms with van der Waals surface area (Å²) in [6.07, 6.45) is 0. The fourth-order valence-electron chi connectivity index (χ4n) is 1.86. The van der Waals surface area contributed by atoms with Gasteiger partial charge in [-0.1, -0.05) is 34.1 Å². The number of halogens is 1. The molecule has 0 atom stereocenters. The molecule has 84 valence electrons. The van der Waals surface area contributed by atoms with Gasteiger partial charge in [-0.15, -0.1) is 0 Å². The molecule has 1 aromatic heterocycles. The average Bonchev–Trinajstić information content (AvgIpc) is 2.74. The summed E-state index contributed by atoms with van der Waals surface area (Å²) < 4.78 is 6.79. The number of aryl methyl sites for hydroxylation is 1. The van der Waals surface area contributed by atoms with Crippen LogP contribution >= 0.6 is 15.9 Å². The van der Waals surface area contributed by atoms with E-state index >= 15 is 0 Å². The molecule has 0 unspecified atom stereocenters. The molecule has 3 rings (SSSR count). The molecule has 17 heavy (non-hydrogen) atoms. The minimum Gasteiger partial charge on any atom is -0.436 e. The lowest BCUT2D eigenvalue weighted by Crippen LogP contribution is -1.78. The number of oxazole rings is 1. The molecule has 2 aromatic carbocycles. The summed E-state index contributed by atoms with van der Waals surface area (Å²) in [7, 11) is 0. The summed E-state index contributed by atoms with van der Waals surface area (Å²) in [4.78, 5) is 4.54. The van der Waals surface area contributed by atoms with Crippen molar-refractivity contribution in [3.8, 4) is 11.5 Å². The Morgan fingerprint density at radius 2 is 1.88 bits per heavy atom. The lowest BCUT2D eigenvalue weighted by molar-refractivity contribution is 0.619. The van der Waals surface area contributed by atoms with E-state index in [2.05, 4.69) is 20.9 Å². The largest absolute Gasteiger partial charge is 0.436 e. The third-order valence-electron chi connectivity index (χ3n) is 2.67. The van der Waals surface area contributed by atoms with Crippen molar-refractivity contribution in [2.45, 2.75) is 6.92 Å². The second kappa shape index (κ2) is 4.00. The normalized spacial score (nSPS) is 10.9. The minimum atomic E-state index is 0.668. The zero-order chi connectivity index (χ0) is 11.8. The molecule has 1 heterocycles. The molecule has 0 N–H and O–H groups in total. The maximum Gasteiger partial charge on any atom is 0.227 e. The Morgan fingerprint density at radius 3 is 2.65 bits per heavy atom. The number of benzene rings is 2. The molecule has 3 aromatic rings. The van der Waals surface area contributed by atoms with Gasteiger partial charge in [0, 0.05) is 10.0 Å². The van der Waals surface area contributed by atoms with Gasteiger partial charge in [-0.2, -0.15) is 0 Å². The molecular formula is C14H10BrNO. The monoisotopic (exact) mass is 287 g/mol. The lowest BCUT2D eigenvalue weighted by Gasteiger charge is -1.93. The van der Waals surface area contributed by atoms with Crippen molar-refractivity contribution in [3.05, 3.63) is 52.5 Å². The van der Waals surface area contributed by atoms with Crippen molar-refractivity contribution in [1.82, 2.24) is 4.98 Å². The molecular weight excluding hydrogens is 278 g/mol. The van der Waals surface area contributed by atoms with Crippen LogP contribution in [0.3, 0.4) is 0 Å². The summed E-state index contributed by atoms with van der Waals surface area (Å²) in [5.74, 6) is 0.668. The highest BCUT2D eigenvalue weighted by Crippen LogP contribution is 2.28. The first-order valence-corrected chi connectivity index (χ1v) is 6.15. The van der Waals surface area contributed by atoms with Crippen LogP contribution in [0.15, 0.2) is 51.4 Å². The van der Waals surface area contributed by atoms with Crippen molar-refractivity contribution in [2.24, 2.45) is 0 Å². The molecule has 3 heteroatoms. The third kappa shape index (κ3) is 1.87. The molecule has 0 bridgehead atoms. The molecule has 0 saturated heterocycles. The van der Waals surface area contributed by atoms with Crippen LogP contribution in [-0.4, -0.2) is 4.98 Å². The first kappa shape index (κ1) is 10.5. The Bertz CT molecular complexity index is 673. The van der Waals surface area contributed by atoms with Crippen LogP contribution in [0.1, 0.15) is 5.56 Å². The van der Waals surface area contributed by atoms with E-state index in [1.165, 1.54) is 0 Å². The Labute approximate surface area is 107 Å². The number of fused-ring (bicyclic) bond motifs is 1. The first-order chi connectivity index (χ1) is 8.24. The zero-order valence-electron chi connectivity index (χ0n) is 9.27. The minimum absolute atomic E-state index is 0.668. The summed E-state index contributed by atoms with van der Waals surface area (Å²) in [6.45, 7) is 2.03. The summed E-state index contributed by atoms with van der Waals surface area (Å²) >= 11 is 3.46. The van der Waals surface area contributed by atoms with E-state index in [-0.39, 0.29) is 0 Å². The van der Waals surface area contributed by atoms with Crippen molar-refractivity contribution >= 4 is 27.0 Å². The van der Waals surface area contributed by atoms with Gasteiger partial charge >= 0.3 is 0 Å². The zero-order valence-corrected chi connectivity index (χ0v) is 10.9. The summed E-state index contributed by atoms with van der Waals surface area (Å²) in [6, 6.07) is 13.9. The van der Waals surface area contributed by atoms with Crippen LogP contribution in [-0.2, 0) is 0 Å². The van der Waals surface area contributed by atoms with Crippen molar-refractivity contribution in [2.75, 3.05) is 0 Å². The topological polar surface area (TPSA) is 26.0 Å². The predicted molar refractivity (Wildman–Crippen MR) is 71.9 cm³/mol. The van der Waals surface area contributed by atoms with Crippen LogP contribution in [0.4, 0.5) is 0 Å². The van der Waals surface area contributed by atoms with E-state index in [4.69, 9.17) is 4.42 Å². The van der Waals surface area contributed by atoms with Gasteiger partial charge in [-0.05, 0) is 36.8 Å². The van der Waals surface area contributed by atoms with Crippen molar-refractivity contribution in [3.63, 3.8) is 0 Å². The second-order valence-electron chi connectivity index (χ2n) is 3.95. The summed E-state index contributed by atoms with van der Waals surface area (Å²) in [5.41, 5.74) is 3.85. The molecule has 2 nitrogen and oxygen atoms in total.